The Bertz CT molecular complexity index is 1190. The van der Waals surface area contributed by atoms with Gasteiger partial charge < -0.3 is 15.2 Å². The molecule has 2 aliphatic rings. The maximum absolute atomic E-state index is 13.7. The van der Waals surface area contributed by atoms with E-state index in [2.05, 4.69) is 29.5 Å². The lowest BCUT2D eigenvalue weighted by molar-refractivity contribution is -0.125. The van der Waals surface area contributed by atoms with Crippen LogP contribution in [0, 0.1) is 9.49 Å². The molecule has 2 aromatic carbocycles. The highest BCUT2D eigenvalue weighted by molar-refractivity contribution is 14.1. The second-order valence-corrected chi connectivity index (χ2v) is 11.0. The number of ether oxygens (including phenoxy) is 2. The fraction of sp³-hybridized carbons (Fsp3) is 0.370. The maximum Gasteiger partial charge on any atom is 0.267 e. The zero-order chi connectivity index (χ0) is 25.7. The number of carbonyl (C=O) groups is 2. The van der Waals surface area contributed by atoms with Crippen LogP contribution in [0.2, 0.25) is 0 Å². The molecule has 2 atom stereocenters. The number of thioether (sulfide) groups is 1. The molecule has 1 aliphatic carbocycles. The summed E-state index contributed by atoms with van der Waals surface area (Å²) in [7, 11) is 0. The Morgan fingerprint density at radius 2 is 1.97 bits per heavy atom. The van der Waals surface area contributed by atoms with E-state index in [9.17, 15) is 9.59 Å². The van der Waals surface area contributed by atoms with Gasteiger partial charge >= 0.3 is 0 Å². The van der Waals surface area contributed by atoms with Gasteiger partial charge in [0.2, 0.25) is 0 Å². The first kappa shape index (κ1) is 26.5. The van der Waals surface area contributed by atoms with E-state index in [1.54, 1.807) is 0 Å². The lowest BCUT2D eigenvalue weighted by Crippen LogP contribution is -2.44. The zero-order valence-corrected chi connectivity index (χ0v) is 23.4. The minimum Gasteiger partial charge on any atom is -0.490 e. The number of rotatable bonds is 8. The summed E-state index contributed by atoms with van der Waals surface area (Å²) in [6.45, 7) is 4.30. The van der Waals surface area contributed by atoms with Crippen molar-refractivity contribution in [3.05, 3.63) is 56.5 Å². The molecule has 0 bridgehead atoms. The largest absolute Gasteiger partial charge is 0.490 e. The number of carbonyl (C=O) groups excluding carboxylic acids is 2. The highest BCUT2D eigenvalue weighted by Crippen LogP contribution is 2.41. The summed E-state index contributed by atoms with van der Waals surface area (Å²) in [6.07, 6.45) is 6.28. The Labute approximate surface area is 229 Å². The normalized spacial score (nSPS) is 22.3. The van der Waals surface area contributed by atoms with Crippen molar-refractivity contribution < 1.29 is 19.1 Å². The molecule has 1 aliphatic heterocycles. The molecule has 7 nitrogen and oxygen atoms in total. The standard InChI is InChI=1S/C27H30IN3O4S/c1-3-34-22-14-18(13-20(28)25(22)35-16-24(29)32)15-23-26(33)31(21-12-8-7-9-17(21)2)27(36-23)30-19-10-5-4-6-11-19/h4-6,10-11,13-15,17,21H,3,7-9,12,16H2,1-2H3,(H2,29,32)/b23-15-,30-27?/t17-,21-/m0/s1. The van der Waals surface area contributed by atoms with Gasteiger partial charge in [-0.05, 0) is 95.9 Å². The molecule has 1 saturated carbocycles. The van der Waals surface area contributed by atoms with Crippen LogP contribution in [0.4, 0.5) is 5.69 Å². The Morgan fingerprint density at radius 1 is 1.22 bits per heavy atom. The lowest BCUT2D eigenvalue weighted by Gasteiger charge is -2.35. The van der Waals surface area contributed by atoms with Gasteiger partial charge in [0.15, 0.2) is 23.3 Å². The smallest absolute Gasteiger partial charge is 0.267 e. The van der Waals surface area contributed by atoms with Gasteiger partial charge in [-0.15, -0.1) is 0 Å². The molecule has 36 heavy (non-hydrogen) atoms. The molecule has 0 spiro atoms. The van der Waals surface area contributed by atoms with Crippen LogP contribution in [0.1, 0.15) is 45.1 Å². The first-order chi connectivity index (χ1) is 17.4. The number of nitrogens with zero attached hydrogens (tertiary/aromatic N) is 2. The topological polar surface area (TPSA) is 94.2 Å². The number of benzene rings is 2. The average molecular weight is 620 g/mol. The molecule has 4 rings (SSSR count). The van der Waals surface area contributed by atoms with Gasteiger partial charge in [-0.3, -0.25) is 14.5 Å². The van der Waals surface area contributed by atoms with Crippen LogP contribution in [0.5, 0.6) is 11.5 Å². The van der Waals surface area contributed by atoms with Crippen molar-refractivity contribution in [2.24, 2.45) is 16.6 Å². The second-order valence-electron chi connectivity index (χ2n) is 8.86. The van der Waals surface area contributed by atoms with Gasteiger partial charge in [0.1, 0.15) is 0 Å². The third-order valence-electron chi connectivity index (χ3n) is 6.20. The molecule has 2 aromatic rings. The van der Waals surface area contributed by atoms with E-state index in [-0.39, 0.29) is 18.6 Å². The maximum atomic E-state index is 13.7. The van der Waals surface area contributed by atoms with Crippen molar-refractivity contribution in [3.8, 4) is 11.5 Å². The Morgan fingerprint density at radius 3 is 2.67 bits per heavy atom. The average Bonchev–Trinajstić information content (AvgIpc) is 3.13. The number of primary amides is 1. The Kier molecular flexibility index (Phi) is 8.95. The number of halogens is 1. The minimum absolute atomic E-state index is 0.0181. The number of hydrogen-bond donors (Lipinski definition) is 1. The molecule has 1 saturated heterocycles. The van der Waals surface area contributed by atoms with Crippen LogP contribution in [0.15, 0.2) is 52.4 Å². The molecule has 0 aromatic heterocycles. The van der Waals surface area contributed by atoms with Crippen LogP contribution in [-0.2, 0) is 9.59 Å². The van der Waals surface area contributed by atoms with Gasteiger partial charge in [0, 0.05) is 6.04 Å². The third kappa shape index (κ3) is 6.23. The highest BCUT2D eigenvalue weighted by Gasteiger charge is 2.41. The molecule has 1 heterocycles. The van der Waals surface area contributed by atoms with Crippen LogP contribution in [0.25, 0.3) is 6.08 Å². The van der Waals surface area contributed by atoms with Gasteiger partial charge in [0.05, 0.1) is 20.8 Å². The first-order valence-electron chi connectivity index (χ1n) is 12.1. The van der Waals surface area contributed by atoms with E-state index in [0.717, 1.165) is 39.3 Å². The predicted octanol–water partition coefficient (Wildman–Crippen LogP) is 5.74. The summed E-state index contributed by atoms with van der Waals surface area (Å²) in [5, 5.41) is 0.720. The van der Waals surface area contributed by atoms with Crippen molar-refractivity contribution >= 4 is 63.1 Å². The molecule has 0 unspecified atom stereocenters. The summed E-state index contributed by atoms with van der Waals surface area (Å²) in [5.41, 5.74) is 6.88. The summed E-state index contributed by atoms with van der Waals surface area (Å²) in [6, 6.07) is 13.6. The third-order valence-corrected chi connectivity index (χ3v) is 7.99. The SMILES string of the molecule is CCOc1cc(/C=C2\SC(=Nc3ccccc3)N([C@H]3CCCC[C@@H]3C)C2=O)cc(I)c1OCC(N)=O. The monoisotopic (exact) mass is 619 g/mol. The Balaban J connectivity index is 1.70. The molecular formula is C27H30IN3O4S. The van der Waals surface area contributed by atoms with Gasteiger partial charge in [-0.25, -0.2) is 4.99 Å². The fourth-order valence-corrected chi connectivity index (χ4v) is 6.35. The summed E-state index contributed by atoms with van der Waals surface area (Å²) >= 11 is 3.55. The number of nitrogens with two attached hydrogens (primary N) is 1. The molecule has 2 N–H and O–H groups in total. The van der Waals surface area contributed by atoms with E-state index < -0.39 is 5.91 Å². The van der Waals surface area contributed by atoms with Gasteiger partial charge in [0.25, 0.3) is 11.8 Å². The number of hydrogen-bond acceptors (Lipinski definition) is 6. The van der Waals surface area contributed by atoms with Gasteiger partial charge in [-0.1, -0.05) is 38.0 Å². The van der Waals surface area contributed by atoms with Crippen LogP contribution in [0.3, 0.4) is 0 Å². The van der Waals surface area contributed by atoms with Crippen molar-refractivity contribution in [1.82, 2.24) is 4.90 Å². The summed E-state index contributed by atoms with van der Waals surface area (Å²) < 4.78 is 12.1. The molecule has 2 amide bonds. The molecule has 0 radical (unpaired) electrons. The summed E-state index contributed by atoms with van der Waals surface area (Å²) in [5.74, 6) is 0.803. The highest BCUT2D eigenvalue weighted by atomic mass is 127. The van der Waals surface area contributed by atoms with Crippen LogP contribution < -0.4 is 15.2 Å². The van der Waals surface area contributed by atoms with Crippen molar-refractivity contribution in [1.29, 1.82) is 0 Å². The van der Waals surface area contributed by atoms with Crippen LogP contribution in [-0.4, -0.2) is 41.1 Å². The number of amidine groups is 1. The molecule has 2 fully saturated rings. The van der Waals surface area contributed by atoms with E-state index in [0.29, 0.717) is 28.9 Å². The molecule has 9 heteroatoms. The second kappa shape index (κ2) is 12.1. The van der Waals surface area contributed by atoms with E-state index in [1.807, 2.05) is 60.4 Å². The zero-order valence-electron chi connectivity index (χ0n) is 20.4. The van der Waals surface area contributed by atoms with Crippen LogP contribution >= 0.6 is 34.4 Å². The Hall–Kier alpha value is -2.53. The van der Waals surface area contributed by atoms with E-state index in [4.69, 9.17) is 20.2 Å². The predicted molar refractivity (Wildman–Crippen MR) is 152 cm³/mol. The molecular weight excluding hydrogens is 589 g/mol. The number of para-hydroxylation sites is 1. The summed E-state index contributed by atoms with van der Waals surface area (Å²) in [4.78, 5) is 32.4. The van der Waals surface area contributed by atoms with E-state index >= 15 is 0 Å². The van der Waals surface area contributed by atoms with Crippen molar-refractivity contribution in [3.63, 3.8) is 0 Å². The molecule has 190 valence electrons. The van der Waals surface area contributed by atoms with Crippen molar-refractivity contribution in [2.75, 3.05) is 13.2 Å². The minimum atomic E-state index is -0.560. The lowest BCUT2D eigenvalue weighted by atomic mass is 9.85. The van der Waals surface area contributed by atoms with E-state index in [1.165, 1.54) is 18.2 Å². The fourth-order valence-electron chi connectivity index (χ4n) is 4.52. The first-order valence-corrected chi connectivity index (χ1v) is 14.0. The van der Waals surface area contributed by atoms with Crippen molar-refractivity contribution in [2.45, 2.75) is 45.6 Å². The number of amides is 2. The quantitative estimate of drug-likeness (QED) is 0.301. The number of aliphatic imine (C=N–C) groups is 1. The van der Waals surface area contributed by atoms with Gasteiger partial charge in [-0.2, -0.15) is 0 Å².